The van der Waals surface area contributed by atoms with Gasteiger partial charge in [-0.15, -0.1) is 0 Å². The van der Waals surface area contributed by atoms with Crippen LogP contribution in [0, 0.1) is 17.3 Å². The van der Waals surface area contributed by atoms with Gasteiger partial charge < -0.3 is 40.7 Å². The van der Waals surface area contributed by atoms with Crippen molar-refractivity contribution in [1.29, 1.82) is 0 Å². The summed E-state index contributed by atoms with van der Waals surface area (Å²) in [6.07, 6.45) is -5.73. The number of aliphatic hydroxyl groups excluding tert-OH is 2. The van der Waals surface area contributed by atoms with Crippen LogP contribution in [0.15, 0.2) is 28.7 Å². The van der Waals surface area contributed by atoms with Gasteiger partial charge in [-0.2, -0.15) is 4.98 Å². The van der Waals surface area contributed by atoms with Gasteiger partial charge in [-0.05, 0) is 18.4 Å². The fourth-order valence-electron chi connectivity index (χ4n) is 5.28. The van der Waals surface area contributed by atoms with Gasteiger partial charge in [0.15, 0.2) is 6.23 Å². The van der Waals surface area contributed by atoms with Crippen LogP contribution in [0.25, 0.3) is 0 Å². The summed E-state index contributed by atoms with van der Waals surface area (Å²) in [6, 6.07) is 1.25. The van der Waals surface area contributed by atoms with Crippen molar-refractivity contribution in [1.82, 2.24) is 9.55 Å². The number of phosphoric acid groups is 1. The van der Waals surface area contributed by atoms with Crippen LogP contribution in [0.3, 0.4) is 0 Å². The Morgan fingerprint density at radius 3 is 2.51 bits per heavy atom. The van der Waals surface area contributed by atoms with Gasteiger partial charge in [-0.1, -0.05) is 6.08 Å². The number of nitrogen functional groups attached to an aromatic ring is 1. The molecule has 0 bridgehead atoms. The number of ether oxygens (including phenoxy) is 1. The summed E-state index contributed by atoms with van der Waals surface area (Å²) >= 11 is 0. The minimum Gasteiger partial charge on any atom is -0.481 e. The number of phosphoric ester groups is 1. The second-order valence-electron chi connectivity index (χ2n) is 8.42. The number of fused-ring (bicyclic) bond motifs is 1. The number of carbonyl (C=O) groups is 2. The van der Waals surface area contributed by atoms with Gasteiger partial charge in [0, 0.05) is 18.5 Å². The molecule has 2 aliphatic carbocycles. The van der Waals surface area contributed by atoms with Crippen LogP contribution in [-0.4, -0.2) is 76.1 Å². The van der Waals surface area contributed by atoms with E-state index in [1.807, 2.05) is 0 Å². The fraction of sp³-hybridized carbons (Fsp3) is 0.556. The number of hydrogen-bond donors (Lipinski definition) is 7. The fourth-order valence-corrected chi connectivity index (χ4v) is 5.85. The number of hydrogen-bond acceptors (Lipinski definition) is 10. The van der Waals surface area contributed by atoms with E-state index in [1.165, 1.54) is 18.3 Å². The van der Waals surface area contributed by atoms with Crippen LogP contribution in [0.2, 0.25) is 0 Å². The van der Waals surface area contributed by atoms with Crippen molar-refractivity contribution in [3.05, 3.63) is 34.4 Å². The average Bonchev–Trinajstić information content (AvgIpc) is 3.08. The molecule has 8 N–H and O–H groups in total. The number of nitrogens with zero attached hydrogens (tertiary/aromatic N) is 2. The standard InChI is InChI=1S/C18H22N3O12P.Na/c19-10-3-4-21(17(28)20-10)14-13(23)12(22)9(32-14)5-8(33-34(29,30)31)11-6-1-2-7(15(24)25)18(6,11)16(26)27;/h2-4,6,8-9,11-14,22-23H,1,5H2,(H,24,25)(H,26,27)(H2,19,20,28)(H2,29,30,31);/q;+1/t6-,8?,9+,11?,12+,13+,14+,18-;/m0./s1. The zero-order valence-corrected chi connectivity index (χ0v) is 21.1. The molecule has 4 rings (SSSR count). The Hall–Kier alpha value is -1.65. The Morgan fingerprint density at radius 2 is 1.97 bits per heavy atom. The van der Waals surface area contributed by atoms with Crippen LogP contribution in [0.5, 0.6) is 0 Å². The minimum atomic E-state index is -5.20. The van der Waals surface area contributed by atoms with Crippen molar-refractivity contribution in [3.63, 3.8) is 0 Å². The van der Waals surface area contributed by atoms with E-state index < -0.39 is 85.3 Å². The third kappa shape index (κ3) is 4.73. The Kier molecular flexibility index (Phi) is 7.71. The summed E-state index contributed by atoms with van der Waals surface area (Å²) in [5.74, 6) is -5.02. The number of allylic oxidation sites excluding steroid dienone is 1. The third-order valence-electron chi connectivity index (χ3n) is 6.64. The molecule has 0 radical (unpaired) electrons. The van der Waals surface area contributed by atoms with Crippen LogP contribution < -0.4 is 41.0 Å². The number of anilines is 1. The molecule has 2 fully saturated rings. The molecule has 0 spiro atoms. The molecule has 1 aromatic rings. The Bertz CT molecular complexity index is 1170. The van der Waals surface area contributed by atoms with Crippen molar-refractivity contribution in [2.24, 2.45) is 17.3 Å². The SMILES string of the molecule is Nc1ccn([C@@H]2O[C@H](CC(OP(=O)(O)O)C3[C@@H]4CC=C(C(=O)O)[C@]34C(=O)O)[C@@H](O)[C@H]2O)c(=O)n1.[Na+]. The number of nitrogens with two attached hydrogens (primary N) is 1. The van der Waals surface area contributed by atoms with Gasteiger partial charge in [0.1, 0.15) is 23.4 Å². The number of rotatable bonds is 8. The smallest absolute Gasteiger partial charge is 0.481 e. The first-order valence-electron chi connectivity index (χ1n) is 10.1. The predicted octanol–water partition coefficient (Wildman–Crippen LogP) is -4.95. The molecule has 3 aliphatic rings. The normalized spacial score (nSPS) is 34.5. The van der Waals surface area contributed by atoms with E-state index in [1.54, 1.807) is 0 Å². The first kappa shape index (κ1) is 27.9. The molecule has 2 unspecified atom stereocenters. The van der Waals surface area contributed by atoms with Crippen LogP contribution >= 0.6 is 7.82 Å². The Morgan fingerprint density at radius 1 is 1.31 bits per heavy atom. The molecule has 15 nitrogen and oxygen atoms in total. The third-order valence-corrected chi connectivity index (χ3v) is 7.19. The van der Waals surface area contributed by atoms with E-state index in [2.05, 4.69) is 4.98 Å². The van der Waals surface area contributed by atoms with E-state index in [0.717, 1.165) is 4.57 Å². The zero-order chi connectivity index (χ0) is 25.2. The molecular weight excluding hydrogens is 504 g/mol. The van der Waals surface area contributed by atoms with E-state index >= 15 is 0 Å². The molecule has 186 valence electrons. The summed E-state index contributed by atoms with van der Waals surface area (Å²) in [5, 5.41) is 40.2. The number of aromatic nitrogens is 2. The van der Waals surface area contributed by atoms with Gasteiger partial charge >= 0.3 is 55.0 Å². The predicted molar refractivity (Wildman–Crippen MR) is 108 cm³/mol. The molecule has 0 amide bonds. The van der Waals surface area contributed by atoms with Crippen LogP contribution in [0.1, 0.15) is 19.1 Å². The van der Waals surface area contributed by atoms with Crippen LogP contribution in [-0.2, 0) is 23.4 Å². The van der Waals surface area contributed by atoms with Crippen LogP contribution in [0.4, 0.5) is 5.82 Å². The summed E-state index contributed by atoms with van der Waals surface area (Å²) in [6.45, 7) is 0. The summed E-state index contributed by atoms with van der Waals surface area (Å²) in [5.41, 5.74) is 2.20. The van der Waals surface area contributed by atoms with Crippen molar-refractivity contribution < 1.29 is 83.2 Å². The second kappa shape index (κ2) is 9.67. The topological polar surface area (TPSA) is 252 Å². The number of carboxylic acid groups (broad SMARTS) is 2. The minimum absolute atomic E-state index is 0. The largest absolute Gasteiger partial charge is 1.00 e. The second-order valence-corrected chi connectivity index (χ2v) is 9.62. The van der Waals surface area contributed by atoms with Gasteiger partial charge in [-0.25, -0.2) is 14.2 Å². The van der Waals surface area contributed by atoms with E-state index in [-0.39, 0.29) is 41.8 Å². The molecule has 1 saturated carbocycles. The molecule has 1 aromatic heterocycles. The monoisotopic (exact) mass is 526 g/mol. The van der Waals surface area contributed by atoms with E-state index in [4.69, 9.17) is 15.0 Å². The van der Waals surface area contributed by atoms with Gasteiger partial charge in [0.05, 0.1) is 17.8 Å². The van der Waals surface area contributed by atoms with Crippen molar-refractivity contribution in [3.8, 4) is 0 Å². The summed E-state index contributed by atoms with van der Waals surface area (Å²) < 4.78 is 22.9. The molecule has 17 heteroatoms. The Labute approximate surface area is 218 Å². The first-order valence-corrected chi connectivity index (χ1v) is 11.6. The maximum absolute atomic E-state index is 12.1. The van der Waals surface area contributed by atoms with Gasteiger partial charge in [-0.3, -0.25) is 13.9 Å². The molecular formula is C18H22N3NaO12P+. The van der Waals surface area contributed by atoms with Crippen molar-refractivity contribution in [2.45, 2.75) is 43.5 Å². The molecule has 35 heavy (non-hydrogen) atoms. The van der Waals surface area contributed by atoms with Crippen molar-refractivity contribution >= 4 is 25.6 Å². The average molecular weight is 526 g/mol. The molecule has 1 saturated heterocycles. The Balaban J connectivity index is 0.00000342. The maximum Gasteiger partial charge on any atom is 1.00 e. The first-order chi connectivity index (χ1) is 15.8. The van der Waals surface area contributed by atoms with E-state index in [0.29, 0.717) is 0 Å². The molecule has 0 aromatic carbocycles. The van der Waals surface area contributed by atoms with Crippen molar-refractivity contribution in [2.75, 3.05) is 5.73 Å². The molecule has 8 atom stereocenters. The quantitative estimate of drug-likeness (QED) is 0.124. The van der Waals surface area contributed by atoms with Gasteiger partial charge in [0.2, 0.25) is 0 Å². The molecule has 2 heterocycles. The van der Waals surface area contributed by atoms with E-state index in [9.17, 15) is 49.2 Å². The molecule has 1 aliphatic heterocycles. The summed E-state index contributed by atoms with van der Waals surface area (Å²) in [4.78, 5) is 58.1. The number of aliphatic hydroxyl groups is 2. The summed E-state index contributed by atoms with van der Waals surface area (Å²) in [7, 11) is -5.20. The maximum atomic E-state index is 12.1. The zero-order valence-electron chi connectivity index (χ0n) is 18.2. The number of carboxylic acids is 2. The number of aliphatic carboxylic acids is 2. The van der Waals surface area contributed by atoms with Gasteiger partial charge in [0.25, 0.3) is 0 Å².